The first kappa shape index (κ1) is 14.9. The largest absolute Gasteiger partial charge is 0.392 e. The van der Waals surface area contributed by atoms with Crippen molar-refractivity contribution in [3.63, 3.8) is 0 Å². The fraction of sp³-hybridized carbons (Fsp3) is 0.909. The molecule has 17 heavy (non-hydrogen) atoms. The van der Waals surface area contributed by atoms with Crippen molar-refractivity contribution in [3.8, 4) is 0 Å². The molecule has 1 saturated heterocycles. The van der Waals surface area contributed by atoms with Crippen LogP contribution in [0.3, 0.4) is 0 Å². The van der Waals surface area contributed by atoms with Crippen molar-refractivity contribution in [2.45, 2.75) is 63.8 Å². The summed E-state index contributed by atoms with van der Waals surface area (Å²) in [6, 6.07) is 0.0966. The summed E-state index contributed by atoms with van der Waals surface area (Å²) in [5, 5.41) is -0.722. The highest BCUT2D eigenvalue weighted by Gasteiger charge is 2.39. The molecule has 0 aromatic rings. The summed E-state index contributed by atoms with van der Waals surface area (Å²) >= 11 is 4.88. The van der Waals surface area contributed by atoms with E-state index in [0.717, 1.165) is 19.3 Å². The van der Waals surface area contributed by atoms with Gasteiger partial charge in [0.15, 0.2) is 0 Å². The van der Waals surface area contributed by atoms with Crippen LogP contribution in [-0.2, 0) is 10.0 Å². The van der Waals surface area contributed by atoms with Crippen LogP contribution in [0.4, 0.5) is 0 Å². The monoisotopic (exact) mass is 278 g/mol. The quantitative estimate of drug-likeness (QED) is 0.794. The summed E-state index contributed by atoms with van der Waals surface area (Å²) in [7, 11) is -3.40. The molecule has 0 saturated carbocycles. The summed E-state index contributed by atoms with van der Waals surface area (Å²) in [6.07, 6.45) is 3.35. The molecule has 0 spiro atoms. The molecule has 6 heteroatoms. The van der Waals surface area contributed by atoms with E-state index in [4.69, 9.17) is 18.0 Å². The van der Waals surface area contributed by atoms with Gasteiger partial charge >= 0.3 is 0 Å². The Morgan fingerprint density at radius 3 is 2.24 bits per heavy atom. The van der Waals surface area contributed by atoms with Gasteiger partial charge in [0.05, 0.1) is 4.99 Å². The summed E-state index contributed by atoms with van der Waals surface area (Å²) < 4.78 is 26.7. The molecule has 1 rings (SSSR count). The van der Waals surface area contributed by atoms with Crippen molar-refractivity contribution >= 4 is 27.2 Å². The van der Waals surface area contributed by atoms with E-state index in [0.29, 0.717) is 6.42 Å². The minimum atomic E-state index is -3.40. The van der Waals surface area contributed by atoms with Gasteiger partial charge in [-0.3, -0.25) is 0 Å². The van der Waals surface area contributed by atoms with Gasteiger partial charge in [-0.1, -0.05) is 25.6 Å². The number of sulfonamides is 1. The average Bonchev–Trinajstić information content (AvgIpc) is 2.16. The van der Waals surface area contributed by atoms with Crippen LogP contribution in [0.25, 0.3) is 0 Å². The minimum absolute atomic E-state index is 0.0483. The number of rotatable bonds is 4. The topological polar surface area (TPSA) is 63.4 Å². The second kappa shape index (κ2) is 5.63. The molecule has 1 heterocycles. The van der Waals surface area contributed by atoms with Gasteiger partial charge in [-0.15, -0.1) is 0 Å². The molecule has 3 unspecified atom stereocenters. The van der Waals surface area contributed by atoms with Gasteiger partial charge in [0.1, 0.15) is 5.25 Å². The highest BCUT2D eigenvalue weighted by molar-refractivity contribution is 7.92. The van der Waals surface area contributed by atoms with Crippen LogP contribution in [0, 0.1) is 0 Å². The third kappa shape index (κ3) is 2.98. The van der Waals surface area contributed by atoms with Crippen LogP contribution in [-0.4, -0.2) is 35.0 Å². The Morgan fingerprint density at radius 1 is 1.41 bits per heavy atom. The fourth-order valence-corrected chi connectivity index (χ4v) is 5.36. The maximum atomic E-state index is 12.5. The van der Waals surface area contributed by atoms with E-state index in [1.165, 1.54) is 0 Å². The predicted octanol–water partition coefficient (Wildman–Crippen LogP) is 1.64. The van der Waals surface area contributed by atoms with Crippen molar-refractivity contribution in [1.82, 2.24) is 4.31 Å². The van der Waals surface area contributed by atoms with E-state index < -0.39 is 15.3 Å². The van der Waals surface area contributed by atoms with E-state index in [-0.39, 0.29) is 17.1 Å². The molecule has 0 bridgehead atoms. The number of piperidine rings is 1. The fourth-order valence-electron chi connectivity index (χ4n) is 2.60. The third-order valence-electron chi connectivity index (χ3n) is 3.45. The Hall–Kier alpha value is -0.200. The third-order valence-corrected chi connectivity index (χ3v) is 6.50. The maximum Gasteiger partial charge on any atom is 0.223 e. The molecule has 1 fully saturated rings. The van der Waals surface area contributed by atoms with Crippen molar-refractivity contribution in [2.75, 3.05) is 0 Å². The number of nitrogens with two attached hydrogens (primary N) is 1. The van der Waals surface area contributed by atoms with Gasteiger partial charge in [0, 0.05) is 12.1 Å². The first-order chi connectivity index (χ1) is 7.82. The van der Waals surface area contributed by atoms with E-state index in [2.05, 4.69) is 0 Å². The lowest BCUT2D eigenvalue weighted by atomic mass is 10.0. The smallest absolute Gasteiger partial charge is 0.223 e. The van der Waals surface area contributed by atoms with Crippen LogP contribution in [0.1, 0.15) is 46.5 Å². The molecule has 0 amide bonds. The lowest BCUT2D eigenvalue weighted by Gasteiger charge is -2.39. The maximum absolute atomic E-state index is 12.5. The highest BCUT2D eigenvalue weighted by atomic mass is 32.2. The number of hydrogen-bond donors (Lipinski definition) is 1. The first-order valence-corrected chi connectivity index (χ1v) is 8.05. The van der Waals surface area contributed by atoms with Crippen LogP contribution < -0.4 is 5.73 Å². The highest BCUT2D eigenvalue weighted by Crippen LogP contribution is 2.28. The van der Waals surface area contributed by atoms with Crippen LogP contribution in [0.2, 0.25) is 0 Å². The molecule has 0 aromatic heterocycles. The van der Waals surface area contributed by atoms with Crippen LogP contribution in [0.15, 0.2) is 0 Å². The zero-order chi connectivity index (χ0) is 13.2. The standard InChI is InChI=1S/C11H22N2O2S2/c1-4-10(11(12)16)17(14,15)13-8(2)6-5-7-9(13)3/h8-10H,4-7H2,1-3H3,(H2,12,16). The minimum Gasteiger partial charge on any atom is -0.392 e. The Balaban J connectivity index is 3.06. The van der Waals surface area contributed by atoms with Gasteiger partial charge in [0.2, 0.25) is 10.0 Å². The Bertz CT molecular complexity index is 371. The molecule has 0 aliphatic carbocycles. The van der Waals surface area contributed by atoms with E-state index >= 15 is 0 Å². The average molecular weight is 278 g/mol. The van der Waals surface area contributed by atoms with Crippen molar-refractivity contribution in [2.24, 2.45) is 5.73 Å². The van der Waals surface area contributed by atoms with Gasteiger partial charge in [-0.05, 0) is 33.1 Å². The second-order valence-electron chi connectivity index (χ2n) is 4.80. The van der Waals surface area contributed by atoms with Crippen molar-refractivity contribution < 1.29 is 8.42 Å². The SMILES string of the molecule is CCC(C(N)=S)S(=O)(=O)N1C(C)CCCC1C. The van der Waals surface area contributed by atoms with Gasteiger partial charge in [-0.2, -0.15) is 4.31 Å². The van der Waals surface area contributed by atoms with Crippen molar-refractivity contribution in [1.29, 1.82) is 0 Å². The molecule has 4 nitrogen and oxygen atoms in total. The Labute approximate surface area is 110 Å². The molecular weight excluding hydrogens is 256 g/mol. The van der Waals surface area contributed by atoms with Crippen LogP contribution >= 0.6 is 12.2 Å². The lowest BCUT2D eigenvalue weighted by molar-refractivity contribution is 0.203. The first-order valence-electron chi connectivity index (χ1n) is 6.14. The molecular formula is C11H22N2O2S2. The number of hydrogen-bond acceptors (Lipinski definition) is 3. The summed E-state index contributed by atoms with van der Waals surface area (Å²) in [5.41, 5.74) is 5.56. The number of nitrogens with zero attached hydrogens (tertiary/aromatic N) is 1. The summed E-state index contributed by atoms with van der Waals surface area (Å²) in [6.45, 7) is 5.72. The zero-order valence-electron chi connectivity index (χ0n) is 10.7. The number of thiocarbonyl (C=S) groups is 1. The van der Waals surface area contributed by atoms with Gasteiger partial charge < -0.3 is 5.73 Å². The normalized spacial score (nSPS) is 28.9. The molecule has 0 aromatic carbocycles. The van der Waals surface area contributed by atoms with Gasteiger partial charge in [0.25, 0.3) is 0 Å². The summed E-state index contributed by atoms with van der Waals surface area (Å²) in [5.74, 6) is 0. The molecule has 2 N–H and O–H groups in total. The van der Waals surface area contributed by atoms with Crippen LogP contribution in [0.5, 0.6) is 0 Å². The summed E-state index contributed by atoms with van der Waals surface area (Å²) in [4.78, 5) is 0.0810. The Kier molecular flexibility index (Phi) is 4.92. The zero-order valence-corrected chi connectivity index (χ0v) is 12.4. The molecule has 3 atom stereocenters. The second-order valence-corrected chi connectivity index (χ2v) is 7.30. The predicted molar refractivity (Wildman–Crippen MR) is 74.4 cm³/mol. The molecule has 1 aliphatic heterocycles. The Morgan fingerprint density at radius 2 is 1.88 bits per heavy atom. The molecule has 0 radical (unpaired) electrons. The molecule has 100 valence electrons. The molecule has 1 aliphatic rings. The van der Waals surface area contributed by atoms with E-state index in [1.54, 1.807) is 11.2 Å². The van der Waals surface area contributed by atoms with E-state index in [1.807, 2.05) is 13.8 Å². The van der Waals surface area contributed by atoms with Gasteiger partial charge in [-0.25, -0.2) is 8.42 Å². The lowest BCUT2D eigenvalue weighted by Crippen LogP contribution is -2.53. The van der Waals surface area contributed by atoms with Crippen molar-refractivity contribution in [3.05, 3.63) is 0 Å². The van der Waals surface area contributed by atoms with E-state index in [9.17, 15) is 8.42 Å².